The summed E-state index contributed by atoms with van der Waals surface area (Å²) in [4.78, 5) is 0. The third-order valence-corrected chi connectivity index (χ3v) is 3.60. The molecule has 0 aliphatic rings. The van der Waals surface area contributed by atoms with E-state index in [0.29, 0.717) is 22.3 Å². The summed E-state index contributed by atoms with van der Waals surface area (Å²) in [5.41, 5.74) is 1.51. The van der Waals surface area contributed by atoms with Gasteiger partial charge in [-0.05, 0) is 47.9 Å². The van der Waals surface area contributed by atoms with Crippen molar-refractivity contribution in [3.05, 3.63) is 57.0 Å². The summed E-state index contributed by atoms with van der Waals surface area (Å²) in [6.07, 6.45) is 0. The maximum atomic E-state index is 9.15. The van der Waals surface area contributed by atoms with Crippen LogP contribution in [0.5, 0.6) is 11.5 Å². The van der Waals surface area contributed by atoms with Crippen molar-refractivity contribution in [1.29, 1.82) is 5.26 Å². The molecular formula is C16H13BrClNO. The minimum absolute atomic E-state index is 0.320. The smallest absolute Gasteiger partial charge is 0.145 e. The number of rotatable bonds is 3. The maximum Gasteiger partial charge on any atom is 0.145 e. The third-order valence-electron chi connectivity index (χ3n) is 2.88. The zero-order valence-electron chi connectivity index (χ0n) is 11.2. The first-order chi connectivity index (χ1) is 9.51. The lowest BCUT2D eigenvalue weighted by atomic mass is 10.0. The van der Waals surface area contributed by atoms with E-state index in [1.165, 1.54) is 0 Å². The maximum absolute atomic E-state index is 9.15. The van der Waals surface area contributed by atoms with Crippen LogP contribution in [-0.4, -0.2) is 0 Å². The quantitative estimate of drug-likeness (QED) is 0.691. The molecule has 0 heterocycles. The predicted octanol–water partition coefficient (Wildman–Crippen LogP) is 5.89. The molecule has 20 heavy (non-hydrogen) atoms. The van der Waals surface area contributed by atoms with E-state index >= 15 is 0 Å². The molecule has 0 unspecified atom stereocenters. The van der Waals surface area contributed by atoms with Crippen LogP contribution in [0.25, 0.3) is 0 Å². The van der Waals surface area contributed by atoms with Crippen LogP contribution in [0.4, 0.5) is 0 Å². The number of nitrogens with zero attached hydrogens (tertiary/aromatic N) is 1. The van der Waals surface area contributed by atoms with Gasteiger partial charge in [-0.25, -0.2) is 0 Å². The summed E-state index contributed by atoms with van der Waals surface area (Å²) >= 11 is 9.35. The fraction of sp³-hybridized carbons (Fsp3) is 0.188. The third kappa shape index (κ3) is 3.33. The number of halogens is 2. The van der Waals surface area contributed by atoms with Gasteiger partial charge in [0.25, 0.3) is 0 Å². The Morgan fingerprint density at radius 1 is 1.15 bits per heavy atom. The first kappa shape index (κ1) is 14.9. The van der Waals surface area contributed by atoms with Gasteiger partial charge >= 0.3 is 0 Å². The van der Waals surface area contributed by atoms with E-state index in [4.69, 9.17) is 21.6 Å². The van der Waals surface area contributed by atoms with Crippen LogP contribution in [0.15, 0.2) is 40.9 Å². The molecule has 0 N–H and O–H groups in total. The summed E-state index contributed by atoms with van der Waals surface area (Å²) in [6, 6.07) is 13.0. The Morgan fingerprint density at radius 2 is 1.85 bits per heavy atom. The highest BCUT2D eigenvalue weighted by atomic mass is 79.9. The van der Waals surface area contributed by atoms with Crippen molar-refractivity contribution in [1.82, 2.24) is 0 Å². The minimum atomic E-state index is 0.320. The van der Waals surface area contributed by atoms with Crippen LogP contribution in [0, 0.1) is 11.3 Å². The van der Waals surface area contributed by atoms with E-state index in [1.54, 1.807) is 18.2 Å². The van der Waals surface area contributed by atoms with Crippen molar-refractivity contribution < 1.29 is 4.74 Å². The lowest BCUT2D eigenvalue weighted by Crippen LogP contribution is -1.95. The largest absolute Gasteiger partial charge is 0.456 e. The average Bonchev–Trinajstić information content (AvgIpc) is 2.42. The lowest BCUT2D eigenvalue weighted by molar-refractivity contribution is 0.471. The highest BCUT2D eigenvalue weighted by molar-refractivity contribution is 9.10. The monoisotopic (exact) mass is 349 g/mol. The SMILES string of the molecule is CC(C)c1cc(Br)ccc1Oc1ccc(Cl)cc1C#N. The first-order valence-electron chi connectivity index (χ1n) is 6.18. The van der Waals surface area contributed by atoms with Crippen molar-refractivity contribution in [2.75, 3.05) is 0 Å². The average molecular weight is 351 g/mol. The Labute approximate surface area is 132 Å². The molecule has 2 aromatic rings. The number of benzene rings is 2. The van der Waals surface area contributed by atoms with Crippen LogP contribution < -0.4 is 4.74 Å². The van der Waals surface area contributed by atoms with E-state index in [0.717, 1.165) is 15.8 Å². The highest BCUT2D eigenvalue weighted by Gasteiger charge is 2.12. The summed E-state index contributed by atoms with van der Waals surface area (Å²) in [6.45, 7) is 4.20. The second-order valence-electron chi connectivity index (χ2n) is 4.69. The van der Waals surface area contributed by atoms with Gasteiger partial charge in [-0.1, -0.05) is 41.4 Å². The molecule has 2 rings (SSSR count). The first-order valence-corrected chi connectivity index (χ1v) is 7.35. The van der Waals surface area contributed by atoms with Crippen molar-refractivity contribution in [3.63, 3.8) is 0 Å². The zero-order valence-corrected chi connectivity index (χ0v) is 13.5. The molecule has 0 aliphatic heterocycles. The molecule has 0 atom stereocenters. The Bertz CT molecular complexity index is 677. The summed E-state index contributed by atoms with van der Waals surface area (Å²) in [5, 5.41) is 9.67. The van der Waals surface area contributed by atoms with Crippen molar-refractivity contribution in [2.45, 2.75) is 19.8 Å². The Kier molecular flexibility index (Phi) is 4.69. The van der Waals surface area contributed by atoms with Crippen LogP contribution in [0.2, 0.25) is 5.02 Å². The molecule has 0 bridgehead atoms. The van der Waals surface area contributed by atoms with Gasteiger partial charge in [-0.3, -0.25) is 0 Å². The fourth-order valence-corrected chi connectivity index (χ4v) is 2.41. The highest BCUT2D eigenvalue weighted by Crippen LogP contribution is 2.34. The molecule has 2 aromatic carbocycles. The van der Waals surface area contributed by atoms with Gasteiger partial charge < -0.3 is 4.74 Å². The summed E-state index contributed by atoms with van der Waals surface area (Å²) in [7, 11) is 0. The second kappa shape index (κ2) is 6.30. The van der Waals surface area contributed by atoms with Gasteiger partial charge in [0.15, 0.2) is 0 Å². The molecule has 0 radical (unpaired) electrons. The Morgan fingerprint density at radius 3 is 2.50 bits per heavy atom. The molecule has 2 nitrogen and oxygen atoms in total. The fourth-order valence-electron chi connectivity index (χ4n) is 1.86. The zero-order chi connectivity index (χ0) is 14.7. The molecule has 0 spiro atoms. The van der Waals surface area contributed by atoms with E-state index < -0.39 is 0 Å². The van der Waals surface area contributed by atoms with E-state index in [9.17, 15) is 0 Å². The normalized spacial score (nSPS) is 10.4. The van der Waals surface area contributed by atoms with E-state index in [1.807, 2.05) is 18.2 Å². The van der Waals surface area contributed by atoms with Crippen LogP contribution in [0.1, 0.15) is 30.9 Å². The van der Waals surface area contributed by atoms with Gasteiger partial charge in [0.1, 0.15) is 17.6 Å². The van der Waals surface area contributed by atoms with Crippen LogP contribution in [0.3, 0.4) is 0 Å². The molecule has 0 amide bonds. The Hall–Kier alpha value is -1.50. The van der Waals surface area contributed by atoms with Crippen LogP contribution in [-0.2, 0) is 0 Å². The van der Waals surface area contributed by atoms with E-state index in [2.05, 4.69) is 35.8 Å². The van der Waals surface area contributed by atoms with Gasteiger partial charge in [-0.2, -0.15) is 5.26 Å². The molecule has 0 aromatic heterocycles. The van der Waals surface area contributed by atoms with Gasteiger partial charge in [0.05, 0.1) is 5.56 Å². The van der Waals surface area contributed by atoms with Gasteiger partial charge in [-0.15, -0.1) is 0 Å². The van der Waals surface area contributed by atoms with Crippen molar-refractivity contribution in [2.24, 2.45) is 0 Å². The topological polar surface area (TPSA) is 33.0 Å². The van der Waals surface area contributed by atoms with Gasteiger partial charge in [0, 0.05) is 9.50 Å². The van der Waals surface area contributed by atoms with Crippen LogP contribution >= 0.6 is 27.5 Å². The predicted molar refractivity (Wildman–Crippen MR) is 84.5 cm³/mol. The molecular weight excluding hydrogens is 338 g/mol. The number of hydrogen-bond donors (Lipinski definition) is 0. The number of nitriles is 1. The van der Waals surface area contributed by atoms with Crippen molar-refractivity contribution >= 4 is 27.5 Å². The summed E-state index contributed by atoms with van der Waals surface area (Å²) in [5.74, 6) is 1.59. The molecule has 4 heteroatoms. The molecule has 102 valence electrons. The summed E-state index contributed by atoms with van der Waals surface area (Å²) < 4.78 is 6.91. The van der Waals surface area contributed by atoms with Crippen molar-refractivity contribution in [3.8, 4) is 17.6 Å². The number of ether oxygens (including phenoxy) is 1. The molecule has 0 fully saturated rings. The lowest BCUT2D eigenvalue weighted by Gasteiger charge is -2.15. The molecule has 0 aliphatic carbocycles. The van der Waals surface area contributed by atoms with E-state index in [-0.39, 0.29) is 0 Å². The number of hydrogen-bond acceptors (Lipinski definition) is 2. The molecule has 0 saturated carbocycles. The standard InChI is InChI=1S/C16H13BrClNO/c1-10(2)14-8-12(17)3-5-16(14)20-15-6-4-13(18)7-11(15)9-19/h3-8,10H,1-2H3. The van der Waals surface area contributed by atoms with Gasteiger partial charge in [0.2, 0.25) is 0 Å². The second-order valence-corrected chi connectivity index (χ2v) is 6.04. The Balaban J connectivity index is 2.43. The minimum Gasteiger partial charge on any atom is -0.456 e. The molecule has 0 saturated heterocycles.